The Labute approximate surface area is 195 Å². The third kappa shape index (κ3) is 5.95. The van der Waals surface area contributed by atoms with Crippen LogP contribution in [0.25, 0.3) is 0 Å². The summed E-state index contributed by atoms with van der Waals surface area (Å²) in [5.74, 6) is 4.81. The Bertz CT molecular complexity index is 1380. The first-order valence-corrected chi connectivity index (χ1v) is 11.8. The molecule has 0 spiro atoms. The van der Waals surface area contributed by atoms with Crippen LogP contribution >= 0.6 is 23.2 Å². The highest BCUT2D eigenvalue weighted by Crippen LogP contribution is 2.19. The number of pyridine rings is 1. The van der Waals surface area contributed by atoms with Gasteiger partial charge >= 0.3 is 0 Å². The van der Waals surface area contributed by atoms with Crippen LogP contribution in [0, 0.1) is 11.8 Å². The first-order chi connectivity index (χ1) is 15.2. The molecule has 32 heavy (non-hydrogen) atoms. The van der Waals surface area contributed by atoms with Gasteiger partial charge in [0, 0.05) is 41.7 Å². The number of anilines is 1. The predicted molar refractivity (Wildman–Crippen MR) is 123 cm³/mol. The molecule has 1 unspecified atom stereocenters. The molecule has 3 rings (SSSR count). The van der Waals surface area contributed by atoms with Gasteiger partial charge < -0.3 is 9.88 Å². The molecule has 0 saturated carbocycles. The number of halogens is 2. The summed E-state index contributed by atoms with van der Waals surface area (Å²) >= 11 is 11.8. The van der Waals surface area contributed by atoms with Crippen LogP contribution in [0.1, 0.15) is 22.8 Å². The van der Waals surface area contributed by atoms with Crippen LogP contribution in [0.3, 0.4) is 0 Å². The molecule has 3 aromatic rings. The molecule has 0 aliphatic rings. The molecule has 0 saturated heterocycles. The summed E-state index contributed by atoms with van der Waals surface area (Å²) in [4.78, 5) is 32.1. The van der Waals surface area contributed by atoms with E-state index in [9.17, 15) is 13.8 Å². The second kappa shape index (κ2) is 9.96. The topological polar surface area (TPSA) is 106 Å². The lowest BCUT2D eigenvalue weighted by atomic mass is 10.2. The molecule has 1 aromatic carbocycles. The van der Waals surface area contributed by atoms with Gasteiger partial charge in [0.15, 0.2) is 5.15 Å². The summed E-state index contributed by atoms with van der Waals surface area (Å²) in [5, 5.41) is 3.08. The van der Waals surface area contributed by atoms with Crippen molar-refractivity contribution >= 4 is 50.4 Å². The molecular formula is C21H17Cl2N5O3S. The Morgan fingerprint density at radius 1 is 1.25 bits per heavy atom. The predicted octanol–water partition coefficient (Wildman–Crippen LogP) is 3.89. The van der Waals surface area contributed by atoms with Crippen molar-refractivity contribution in [1.82, 2.24) is 14.5 Å². The molecule has 2 amide bonds. The van der Waals surface area contributed by atoms with Gasteiger partial charge in [-0.3, -0.25) is 14.6 Å². The van der Waals surface area contributed by atoms with Gasteiger partial charge in [0.1, 0.15) is 5.15 Å². The number of benzene rings is 1. The smallest absolute Gasteiger partial charge is 0.286 e. The van der Waals surface area contributed by atoms with Crippen molar-refractivity contribution in [1.29, 1.82) is 0 Å². The van der Waals surface area contributed by atoms with Crippen molar-refractivity contribution in [3.05, 3.63) is 70.5 Å². The fraction of sp³-hybridized carbons (Fsp3) is 0.143. The van der Waals surface area contributed by atoms with E-state index in [1.165, 1.54) is 44.0 Å². The SMILES string of the molecule is CC(=O)Nc1cccc(S(C)(=O)=NC(=O)c2cncc(C#CCn3cnc(Cl)c3Cl)c2)c1. The van der Waals surface area contributed by atoms with E-state index in [2.05, 4.69) is 31.5 Å². The summed E-state index contributed by atoms with van der Waals surface area (Å²) in [7, 11) is -3.06. The fourth-order valence-corrected chi connectivity index (χ4v) is 4.09. The molecule has 0 bridgehead atoms. The normalized spacial score (nSPS) is 12.2. The maximum atomic E-state index is 13.1. The van der Waals surface area contributed by atoms with Crippen molar-refractivity contribution in [2.75, 3.05) is 11.6 Å². The quantitative estimate of drug-likeness (QED) is 0.559. The minimum atomic E-state index is -3.06. The van der Waals surface area contributed by atoms with Gasteiger partial charge in [-0.25, -0.2) is 9.19 Å². The Morgan fingerprint density at radius 3 is 2.72 bits per heavy atom. The van der Waals surface area contributed by atoms with E-state index in [1.54, 1.807) is 22.8 Å². The second-order valence-electron chi connectivity index (χ2n) is 6.63. The number of imidazole rings is 1. The third-order valence-electron chi connectivity index (χ3n) is 4.05. The van der Waals surface area contributed by atoms with Gasteiger partial charge in [0.2, 0.25) is 5.91 Å². The van der Waals surface area contributed by atoms with Gasteiger partial charge in [-0.2, -0.15) is 4.36 Å². The highest BCUT2D eigenvalue weighted by Gasteiger charge is 2.13. The standard InChI is InChI=1S/C21H17Cl2N5O3S/c1-14(29)26-17-6-3-7-18(10-17)32(2,31)27-21(30)16-9-15(11-24-12-16)5-4-8-28-13-25-19(22)20(28)23/h3,6-7,9-13H,8H2,1-2H3,(H,26,29). The maximum Gasteiger partial charge on any atom is 0.286 e. The third-order valence-corrected chi connectivity index (χ3v) is 6.46. The molecule has 1 atom stereocenters. The molecule has 0 aliphatic carbocycles. The number of hydrogen-bond donors (Lipinski definition) is 1. The van der Waals surface area contributed by atoms with Gasteiger partial charge in [-0.1, -0.05) is 41.1 Å². The summed E-state index contributed by atoms with van der Waals surface area (Å²) < 4.78 is 18.5. The van der Waals surface area contributed by atoms with Gasteiger partial charge in [0.05, 0.1) is 28.2 Å². The van der Waals surface area contributed by atoms with E-state index in [1.807, 2.05) is 0 Å². The van der Waals surface area contributed by atoms with Gasteiger partial charge in [-0.05, 0) is 24.3 Å². The number of nitrogens with zero attached hydrogens (tertiary/aromatic N) is 4. The average Bonchev–Trinajstić information content (AvgIpc) is 3.06. The molecule has 11 heteroatoms. The zero-order chi connectivity index (χ0) is 23.3. The minimum absolute atomic E-state index is 0.146. The monoisotopic (exact) mass is 489 g/mol. The van der Waals surface area contributed by atoms with E-state index >= 15 is 0 Å². The summed E-state index contributed by atoms with van der Waals surface area (Å²) in [6.07, 6.45) is 5.64. The van der Waals surface area contributed by atoms with Crippen LogP contribution < -0.4 is 5.32 Å². The molecule has 0 radical (unpaired) electrons. The molecule has 2 aromatic heterocycles. The molecule has 8 nitrogen and oxygen atoms in total. The first-order valence-electron chi connectivity index (χ1n) is 9.10. The molecule has 0 aliphatic heterocycles. The average molecular weight is 490 g/mol. The Kier molecular flexibility index (Phi) is 7.30. The highest BCUT2D eigenvalue weighted by atomic mass is 35.5. The minimum Gasteiger partial charge on any atom is -0.326 e. The van der Waals surface area contributed by atoms with Crippen LogP contribution in [0.2, 0.25) is 10.3 Å². The lowest BCUT2D eigenvalue weighted by Crippen LogP contribution is -2.08. The summed E-state index contributed by atoms with van der Waals surface area (Å²) in [6.45, 7) is 1.61. The first kappa shape index (κ1) is 23.5. The number of carbonyl (C=O) groups excluding carboxylic acids is 2. The Morgan fingerprint density at radius 2 is 2.03 bits per heavy atom. The van der Waals surface area contributed by atoms with Crippen molar-refractivity contribution in [3.63, 3.8) is 0 Å². The zero-order valence-electron chi connectivity index (χ0n) is 17.0. The van der Waals surface area contributed by atoms with Gasteiger partial charge in [-0.15, -0.1) is 0 Å². The molecule has 0 fully saturated rings. The van der Waals surface area contributed by atoms with Crippen LogP contribution in [0.15, 0.2) is 58.3 Å². The number of carbonyl (C=O) groups is 2. The van der Waals surface area contributed by atoms with Crippen molar-refractivity contribution in [2.45, 2.75) is 18.4 Å². The van der Waals surface area contributed by atoms with E-state index in [0.29, 0.717) is 16.1 Å². The maximum absolute atomic E-state index is 13.1. The second-order valence-corrected chi connectivity index (χ2v) is 9.60. The number of aromatic nitrogens is 3. The molecular weight excluding hydrogens is 473 g/mol. The number of amides is 2. The molecule has 1 N–H and O–H groups in total. The van der Waals surface area contributed by atoms with Crippen LogP contribution in [-0.2, 0) is 21.1 Å². The Balaban J connectivity index is 1.82. The fourth-order valence-electron chi connectivity index (χ4n) is 2.58. The lowest BCUT2D eigenvalue weighted by molar-refractivity contribution is -0.114. The molecule has 2 heterocycles. The number of rotatable bonds is 4. The van der Waals surface area contributed by atoms with E-state index < -0.39 is 15.6 Å². The van der Waals surface area contributed by atoms with Crippen molar-refractivity contribution < 1.29 is 13.8 Å². The van der Waals surface area contributed by atoms with E-state index in [4.69, 9.17) is 23.2 Å². The number of hydrogen-bond acceptors (Lipinski definition) is 5. The van der Waals surface area contributed by atoms with Gasteiger partial charge in [0.25, 0.3) is 5.91 Å². The zero-order valence-corrected chi connectivity index (χ0v) is 19.3. The van der Waals surface area contributed by atoms with Crippen molar-refractivity contribution in [3.8, 4) is 11.8 Å². The van der Waals surface area contributed by atoms with Crippen LogP contribution in [0.5, 0.6) is 0 Å². The van der Waals surface area contributed by atoms with Crippen LogP contribution in [0.4, 0.5) is 5.69 Å². The van der Waals surface area contributed by atoms with Crippen LogP contribution in [-0.4, -0.2) is 36.8 Å². The largest absolute Gasteiger partial charge is 0.326 e. The molecule has 164 valence electrons. The number of nitrogens with one attached hydrogen (secondary N) is 1. The van der Waals surface area contributed by atoms with E-state index in [-0.39, 0.29) is 28.3 Å². The summed E-state index contributed by atoms with van der Waals surface area (Å²) in [6, 6.07) is 7.89. The van der Waals surface area contributed by atoms with Crippen molar-refractivity contribution in [2.24, 2.45) is 4.36 Å². The highest BCUT2D eigenvalue weighted by molar-refractivity contribution is 7.93. The van der Waals surface area contributed by atoms with E-state index in [0.717, 1.165) is 0 Å². The lowest BCUT2D eigenvalue weighted by Gasteiger charge is -2.07. The Hall–Kier alpha value is -3.19. The summed E-state index contributed by atoms with van der Waals surface area (Å²) in [5.41, 5.74) is 1.09.